The van der Waals surface area contributed by atoms with Crippen molar-refractivity contribution in [1.29, 1.82) is 0 Å². The Balaban J connectivity index is 2.93. The van der Waals surface area contributed by atoms with Crippen LogP contribution in [0.25, 0.3) is 0 Å². The molecule has 76 valence electrons. The Morgan fingerprint density at radius 2 is 2.36 bits per heavy atom. The highest BCUT2D eigenvalue weighted by molar-refractivity contribution is 6.32. The standard InChI is InChI=1S/C11H13ClO2/c1-3-4-10(13)8-5-6-9(12)11(7-8)14-2/h3,5-7,10,13H,1,4H2,2H3. The number of rotatable bonds is 4. The molecule has 0 heterocycles. The molecule has 14 heavy (non-hydrogen) atoms. The number of benzene rings is 1. The van der Waals surface area contributed by atoms with E-state index in [4.69, 9.17) is 16.3 Å². The molecule has 1 aromatic rings. The molecule has 1 aromatic carbocycles. The van der Waals surface area contributed by atoms with E-state index in [9.17, 15) is 5.11 Å². The summed E-state index contributed by atoms with van der Waals surface area (Å²) in [5, 5.41) is 10.2. The van der Waals surface area contributed by atoms with Gasteiger partial charge in [-0.15, -0.1) is 6.58 Å². The quantitative estimate of drug-likeness (QED) is 0.778. The third-order valence-electron chi connectivity index (χ3n) is 1.95. The first-order valence-electron chi connectivity index (χ1n) is 4.31. The van der Waals surface area contributed by atoms with E-state index in [1.165, 1.54) is 0 Å². The van der Waals surface area contributed by atoms with Crippen molar-refractivity contribution in [3.05, 3.63) is 41.4 Å². The molecular formula is C11H13ClO2. The summed E-state index contributed by atoms with van der Waals surface area (Å²) in [5.41, 5.74) is 0.783. The summed E-state index contributed by atoms with van der Waals surface area (Å²) in [4.78, 5) is 0. The average molecular weight is 213 g/mol. The smallest absolute Gasteiger partial charge is 0.137 e. The molecule has 0 aliphatic rings. The molecule has 0 aliphatic carbocycles. The monoisotopic (exact) mass is 212 g/mol. The molecule has 0 aromatic heterocycles. The lowest BCUT2D eigenvalue weighted by atomic mass is 10.1. The van der Waals surface area contributed by atoms with Crippen LogP contribution in [0.15, 0.2) is 30.9 Å². The van der Waals surface area contributed by atoms with E-state index >= 15 is 0 Å². The van der Waals surface area contributed by atoms with Crippen LogP contribution < -0.4 is 4.74 Å². The highest BCUT2D eigenvalue weighted by Gasteiger charge is 2.08. The van der Waals surface area contributed by atoms with Gasteiger partial charge in [-0.3, -0.25) is 0 Å². The van der Waals surface area contributed by atoms with Crippen LogP contribution >= 0.6 is 11.6 Å². The predicted octanol–water partition coefficient (Wildman–Crippen LogP) is 2.96. The van der Waals surface area contributed by atoms with E-state index in [0.29, 0.717) is 17.2 Å². The summed E-state index contributed by atoms with van der Waals surface area (Å²) >= 11 is 5.85. The van der Waals surface area contributed by atoms with Gasteiger partial charge < -0.3 is 9.84 Å². The molecule has 1 N–H and O–H groups in total. The van der Waals surface area contributed by atoms with Crippen LogP contribution in [0.3, 0.4) is 0 Å². The SMILES string of the molecule is C=CCC(O)c1ccc(Cl)c(OC)c1. The van der Waals surface area contributed by atoms with Crippen LogP contribution in [0, 0.1) is 0 Å². The molecule has 0 saturated heterocycles. The van der Waals surface area contributed by atoms with Gasteiger partial charge in [-0.1, -0.05) is 23.7 Å². The summed E-state index contributed by atoms with van der Waals surface area (Å²) in [6.45, 7) is 3.57. The Kier molecular flexibility index (Phi) is 3.98. The maximum absolute atomic E-state index is 9.66. The number of ether oxygens (including phenoxy) is 1. The van der Waals surface area contributed by atoms with Crippen molar-refractivity contribution >= 4 is 11.6 Å². The molecule has 1 rings (SSSR count). The van der Waals surface area contributed by atoms with Gasteiger partial charge in [0.25, 0.3) is 0 Å². The Hall–Kier alpha value is -0.990. The van der Waals surface area contributed by atoms with Gasteiger partial charge in [0.1, 0.15) is 5.75 Å². The van der Waals surface area contributed by atoms with E-state index in [1.54, 1.807) is 31.4 Å². The van der Waals surface area contributed by atoms with Crippen molar-refractivity contribution in [2.75, 3.05) is 7.11 Å². The van der Waals surface area contributed by atoms with Gasteiger partial charge in [-0.2, -0.15) is 0 Å². The maximum Gasteiger partial charge on any atom is 0.137 e. The van der Waals surface area contributed by atoms with Crippen LogP contribution in [0.1, 0.15) is 18.1 Å². The first-order valence-corrected chi connectivity index (χ1v) is 4.69. The topological polar surface area (TPSA) is 29.5 Å². The lowest BCUT2D eigenvalue weighted by Crippen LogP contribution is -1.96. The molecular weight excluding hydrogens is 200 g/mol. The minimum absolute atomic E-state index is 0.519. The molecule has 0 saturated carbocycles. The van der Waals surface area contributed by atoms with Crippen molar-refractivity contribution in [3.8, 4) is 5.75 Å². The normalized spacial score (nSPS) is 12.2. The highest BCUT2D eigenvalue weighted by Crippen LogP contribution is 2.28. The van der Waals surface area contributed by atoms with Gasteiger partial charge in [0.05, 0.1) is 18.2 Å². The van der Waals surface area contributed by atoms with E-state index in [0.717, 1.165) is 5.56 Å². The highest BCUT2D eigenvalue weighted by atomic mass is 35.5. The average Bonchev–Trinajstić information content (AvgIpc) is 2.19. The van der Waals surface area contributed by atoms with Crippen molar-refractivity contribution in [2.24, 2.45) is 0 Å². The van der Waals surface area contributed by atoms with Crippen LogP contribution in [0.4, 0.5) is 0 Å². The minimum Gasteiger partial charge on any atom is -0.495 e. The zero-order valence-electron chi connectivity index (χ0n) is 8.03. The number of methoxy groups -OCH3 is 1. The molecule has 0 aliphatic heterocycles. The molecule has 1 atom stereocenters. The van der Waals surface area contributed by atoms with Gasteiger partial charge >= 0.3 is 0 Å². The third-order valence-corrected chi connectivity index (χ3v) is 2.26. The Morgan fingerprint density at radius 3 is 2.93 bits per heavy atom. The van der Waals surface area contributed by atoms with Gasteiger partial charge in [0, 0.05) is 0 Å². The molecule has 0 amide bonds. The van der Waals surface area contributed by atoms with Crippen molar-refractivity contribution in [1.82, 2.24) is 0 Å². The largest absolute Gasteiger partial charge is 0.495 e. The fraction of sp³-hybridized carbons (Fsp3) is 0.273. The van der Waals surface area contributed by atoms with E-state index in [1.807, 2.05) is 0 Å². The van der Waals surface area contributed by atoms with Crippen molar-refractivity contribution in [2.45, 2.75) is 12.5 Å². The third kappa shape index (κ3) is 2.50. The Bertz CT molecular complexity index is 323. The first kappa shape index (κ1) is 11.1. The van der Waals surface area contributed by atoms with E-state index < -0.39 is 6.10 Å². The molecule has 2 nitrogen and oxygen atoms in total. The van der Waals surface area contributed by atoms with Gasteiger partial charge in [0.15, 0.2) is 0 Å². The number of hydrogen-bond donors (Lipinski definition) is 1. The van der Waals surface area contributed by atoms with E-state index in [-0.39, 0.29) is 0 Å². The second kappa shape index (κ2) is 5.03. The summed E-state index contributed by atoms with van der Waals surface area (Å²) in [6, 6.07) is 5.22. The van der Waals surface area contributed by atoms with Crippen molar-refractivity contribution in [3.63, 3.8) is 0 Å². The van der Waals surface area contributed by atoms with Gasteiger partial charge in [-0.25, -0.2) is 0 Å². The molecule has 1 unspecified atom stereocenters. The summed E-state index contributed by atoms with van der Waals surface area (Å²) in [5.74, 6) is 0.576. The second-order valence-electron chi connectivity index (χ2n) is 2.93. The van der Waals surface area contributed by atoms with Gasteiger partial charge in [-0.05, 0) is 24.1 Å². The molecule has 0 spiro atoms. The molecule has 0 bridgehead atoms. The second-order valence-corrected chi connectivity index (χ2v) is 3.34. The Labute approximate surface area is 88.8 Å². The molecule has 0 radical (unpaired) electrons. The van der Waals surface area contributed by atoms with Crippen LogP contribution in [0.5, 0.6) is 5.75 Å². The number of halogens is 1. The minimum atomic E-state index is -0.543. The fourth-order valence-corrected chi connectivity index (χ4v) is 1.37. The molecule has 3 heteroatoms. The van der Waals surface area contributed by atoms with Crippen LogP contribution in [0.2, 0.25) is 5.02 Å². The number of aliphatic hydroxyl groups excluding tert-OH is 1. The summed E-state index contributed by atoms with van der Waals surface area (Å²) in [7, 11) is 1.55. The lowest BCUT2D eigenvalue weighted by Gasteiger charge is -2.10. The van der Waals surface area contributed by atoms with Crippen molar-refractivity contribution < 1.29 is 9.84 Å². The fourth-order valence-electron chi connectivity index (χ4n) is 1.18. The number of aliphatic hydroxyl groups is 1. The first-order chi connectivity index (χ1) is 6.69. The Morgan fingerprint density at radius 1 is 1.64 bits per heavy atom. The maximum atomic E-state index is 9.66. The van der Waals surface area contributed by atoms with Gasteiger partial charge in [0.2, 0.25) is 0 Å². The molecule has 0 fully saturated rings. The summed E-state index contributed by atoms with van der Waals surface area (Å²) in [6.07, 6.45) is 1.65. The van der Waals surface area contributed by atoms with E-state index in [2.05, 4.69) is 6.58 Å². The van der Waals surface area contributed by atoms with Crippen LogP contribution in [-0.2, 0) is 0 Å². The summed E-state index contributed by atoms with van der Waals surface area (Å²) < 4.78 is 5.05. The zero-order valence-corrected chi connectivity index (χ0v) is 8.79. The van der Waals surface area contributed by atoms with Crippen LogP contribution in [-0.4, -0.2) is 12.2 Å². The lowest BCUT2D eigenvalue weighted by molar-refractivity contribution is 0.181. The predicted molar refractivity (Wildman–Crippen MR) is 57.8 cm³/mol. The zero-order chi connectivity index (χ0) is 10.6. The number of hydrogen-bond acceptors (Lipinski definition) is 2.